The largest absolute Gasteiger partial charge is 0.277 e. The highest BCUT2D eigenvalue weighted by Gasteiger charge is 2.48. The number of rotatable bonds is 2. The molecule has 0 radical (unpaired) electrons. The highest BCUT2D eigenvalue weighted by molar-refractivity contribution is 9.10. The van der Waals surface area contributed by atoms with Crippen molar-refractivity contribution in [3.05, 3.63) is 20.8 Å². The molecule has 96 valence electrons. The molecule has 2 fully saturated rings. The fraction of sp³-hybridized carbons (Fsp3) is 0.538. The summed E-state index contributed by atoms with van der Waals surface area (Å²) in [6, 6.07) is 1.96. The van der Waals surface area contributed by atoms with Crippen LogP contribution < -0.4 is 0 Å². The molecule has 3 nitrogen and oxygen atoms in total. The van der Waals surface area contributed by atoms with E-state index in [1.54, 1.807) is 11.3 Å². The molecule has 2 unspecified atom stereocenters. The Labute approximate surface area is 118 Å². The number of hydrogen-bond acceptors (Lipinski definition) is 3. The Bertz CT molecular complexity index is 475. The van der Waals surface area contributed by atoms with Gasteiger partial charge >= 0.3 is 0 Å². The third-order valence-corrected chi connectivity index (χ3v) is 5.84. The van der Waals surface area contributed by atoms with Crippen LogP contribution in [0.15, 0.2) is 15.9 Å². The molecule has 1 saturated carbocycles. The van der Waals surface area contributed by atoms with E-state index in [0.717, 1.165) is 35.0 Å². The Kier molecular flexibility index (Phi) is 3.28. The predicted octanol–water partition coefficient (Wildman–Crippen LogP) is 3.19. The van der Waals surface area contributed by atoms with Crippen molar-refractivity contribution < 1.29 is 9.59 Å². The van der Waals surface area contributed by atoms with Gasteiger partial charge in [0.15, 0.2) is 0 Å². The van der Waals surface area contributed by atoms with E-state index in [1.165, 1.54) is 4.90 Å². The van der Waals surface area contributed by atoms with Gasteiger partial charge in [0.25, 0.3) is 0 Å². The lowest BCUT2D eigenvalue weighted by Crippen LogP contribution is -2.30. The molecule has 0 aromatic carbocycles. The summed E-state index contributed by atoms with van der Waals surface area (Å²) in [5.74, 6) is 0.0185. The van der Waals surface area contributed by atoms with Crippen LogP contribution in [0.4, 0.5) is 0 Å². The van der Waals surface area contributed by atoms with Crippen LogP contribution in [0.25, 0.3) is 0 Å². The minimum absolute atomic E-state index is 0.0370. The van der Waals surface area contributed by atoms with Gasteiger partial charge in [-0.1, -0.05) is 12.8 Å². The fourth-order valence-electron chi connectivity index (χ4n) is 2.97. The number of halogens is 1. The fourth-order valence-corrected chi connectivity index (χ4v) is 4.43. The molecule has 2 amide bonds. The maximum Gasteiger partial charge on any atom is 0.233 e. The van der Waals surface area contributed by atoms with Gasteiger partial charge in [-0.25, -0.2) is 0 Å². The number of imide groups is 1. The molecule has 5 heteroatoms. The number of thiophene rings is 1. The third-order valence-electron chi connectivity index (χ3n) is 3.93. The van der Waals surface area contributed by atoms with E-state index in [1.807, 2.05) is 11.4 Å². The molecule has 1 aromatic heterocycles. The Balaban J connectivity index is 1.82. The molecule has 2 atom stereocenters. The van der Waals surface area contributed by atoms with Crippen molar-refractivity contribution >= 4 is 39.1 Å². The van der Waals surface area contributed by atoms with Crippen LogP contribution in [0.1, 0.15) is 30.6 Å². The molecule has 3 rings (SSSR count). The van der Waals surface area contributed by atoms with Gasteiger partial charge in [0.05, 0.1) is 18.4 Å². The van der Waals surface area contributed by atoms with Crippen molar-refractivity contribution in [3.63, 3.8) is 0 Å². The number of hydrogen-bond donors (Lipinski definition) is 0. The summed E-state index contributed by atoms with van der Waals surface area (Å²) in [4.78, 5) is 27.1. The Morgan fingerprint density at radius 3 is 2.33 bits per heavy atom. The van der Waals surface area contributed by atoms with Gasteiger partial charge in [-0.3, -0.25) is 14.5 Å². The van der Waals surface area contributed by atoms with Crippen LogP contribution >= 0.6 is 27.3 Å². The topological polar surface area (TPSA) is 37.4 Å². The first-order valence-electron chi connectivity index (χ1n) is 6.25. The average molecular weight is 328 g/mol. The number of amides is 2. The number of carbonyl (C=O) groups excluding carboxylic acids is 2. The zero-order valence-electron chi connectivity index (χ0n) is 9.89. The lowest BCUT2D eigenvalue weighted by atomic mass is 9.81. The lowest BCUT2D eigenvalue weighted by molar-refractivity contribution is -0.140. The van der Waals surface area contributed by atoms with Gasteiger partial charge in [0, 0.05) is 9.35 Å². The van der Waals surface area contributed by atoms with Crippen LogP contribution in [-0.4, -0.2) is 16.7 Å². The number of nitrogens with zero attached hydrogens (tertiary/aromatic N) is 1. The first-order chi connectivity index (χ1) is 8.68. The van der Waals surface area contributed by atoms with E-state index in [-0.39, 0.29) is 23.7 Å². The summed E-state index contributed by atoms with van der Waals surface area (Å²) in [5, 5.41) is 1.97. The van der Waals surface area contributed by atoms with Gasteiger partial charge in [0.2, 0.25) is 11.8 Å². The van der Waals surface area contributed by atoms with Crippen LogP contribution in [0.3, 0.4) is 0 Å². The van der Waals surface area contributed by atoms with Crippen molar-refractivity contribution in [2.24, 2.45) is 11.8 Å². The Hall–Kier alpha value is -0.680. The van der Waals surface area contributed by atoms with Gasteiger partial charge < -0.3 is 0 Å². The first-order valence-corrected chi connectivity index (χ1v) is 7.93. The summed E-state index contributed by atoms with van der Waals surface area (Å²) in [6.07, 6.45) is 3.93. The number of fused-ring (bicyclic) bond motifs is 1. The second-order valence-electron chi connectivity index (χ2n) is 4.95. The molecule has 1 aliphatic carbocycles. The average Bonchev–Trinajstić information content (AvgIpc) is 2.89. The molecule has 2 heterocycles. The van der Waals surface area contributed by atoms with E-state index >= 15 is 0 Å². The highest BCUT2D eigenvalue weighted by atomic mass is 79.9. The third kappa shape index (κ3) is 1.93. The maximum absolute atomic E-state index is 12.3. The lowest BCUT2D eigenvalue weighted by Gasteiger charge is -2.19. The summed E-state index contributed by atoms with van der Waals surface area (Å²) in [6.45, 7) is 0.433. The predicted molar refractivity (Wildman–Crippen MR) is 73.0 cm³/mol. The van der Waals surface area contributed by atoms with Crippen LogP contribution in [-0.2, 0) is 16.1 Å². The zero-order chi connectivity index (χ0) is 12.7. The van der Waals surface area contributed by atoms with Crippen LogP contribution in [0.2, 0.25) is 0 Å². The summed E-state index contributed by atoms with van der Waals surface area (Å²) < 4.78 is 0.989. The van der Waals surface area contributed by atoms with E-state index < -0.39 is 0 Å². The molecule has 0 spiro atoms. The van der Waals surface area contributed by atoms with Gasteiger partial charge in [0.1, 0.15) is 0 Å². The molecular formula is C13H14BrNO2S. The molecule has 1 saturated heterocycles. The summed E-state index contributed by atoms with van der Waals surface area (Å²) in [7, 11) is 0. The Morgan fingerprint density at radius 1 is 1.22 bits per heavy atom. The van der Waals surface area contributed by atoms with Crippen molar-refractivity contribution in [1.82, 2.24) is 4.90 Å². The zero-order valence-corrected chi connectivity index (χ0v) is 12.3. The number of carbonyl (C=O) groups is 2. The van der Waals surface area contributed by atoms with E-state index in [0.29, 0.717) is 6.54 Å². The van der Waals surface area contributed by atoms with Gasteiger partial charge in [-0.2, -0.15) is 0 Å². The molecule has 2 aliphatic rings. The molecule has 1 aromatic rings. The minimum Gasteiger partial charge on any atom is -0.277 e. The SMILES string of the molecule is O=C1C2CCCCC2C(=O)N1Cc1sccc1Br. The standard InChI is InChI=1S/C13H14BrNO2S/c14-10-5-6-18-11(10)7-15-12(16)8-3-1-2-4-9(8)13(15)17/h5-6,8-9H,1-4,7H2. The maximum atomic E-state index is 12.3. The van der Waals surface area contributed by atoms with Gasteiger partial charge in [-0.15, -0.1) is 11.3 Å². The van der Waals surface area contributed by atoms with Crippen molar-refractivity contribution in [1.29, 1.82) is 0 Å². The summed E-state index contributed by atoms with van der Waals surface area (Å²) >= 11 is 5.03. The highest BCUT2D eigenvalue weighted by Crippen LogP contribution is 2.39. The molecule has 0 bridgehead atoms. The van der Waals surface area contributed by atoms with E-state index in [2.05, 4.69) is 15.9 Å². The summed E-state index contributed by atoms with van der Waals surface area (Å²) in [5.41, 5.74) is 0. The monoisotopic (exact) mass is 327 g/mol. The smallest absolute Gasteiger partial charge is 0.233 e. The molecule has 0 N–H and O–H groups in total. The van der Waals surface area contributed by atoms with Gasteiger partial charge in [-0.05, 0) is 40.2 Å². The molecular weight excluding hydrogens is 314 g/mol. The second-order valence-corrected chi connectivity index (χ2v) is 6.81. The van der Waals surface area contributed by atoms with E-state index in [9.17, 15) is 9.59 Å². The van der Waals surface area contributed by atoms with Crippen molar-refractivity contribution in [2.75, 3.05) is 0 Å². The quantitative estimate of drug-likeness (QED) is 0.782. The van der Waals surface area contributed by atoms with Crippen LogP contribution in [0, 0.1) is 11.8 Å². The van der Waals surface area contributed by atoms with E-state index in [4.69, 9.17) is 0 Å². The second kappa shape index (κ2) is 4.78. The van der Waals surface area contributed by atoms with Crippen molar-refractivity contribution in [3.8, 4) is 0 Å². The normalized spacial score (nSPS) is 27.7. The molecule has 1 aliphatic heterocycles. The number of likely N-dealkylation sites (tertiary alicyclic amines) is 1. The van der Waals surface area contributed by atoms with Crippen molar-refractivity contribution in [2.45, 2.75) is 32.2 Å². The van der Waals surface area contributed by atoms with Crippen LogP contribution in [0.5, 0.6) is 0 Å². The Morgan fingerprint density at radius 2 is 1.83 bits per heavy atom. The first kappa shape index (κ1) is 12.4. The minimum atomic E-state index is -0.0370. The molecule has 18 heavy (non-hydrogen) atoms.